The lowest BCUT2D eigenvalue weighted by Crippen LogP contribution is -2.26. The fraction of sp³-hybridized carbons (Fsp3) is 0.850. The molecule has 0 aromatic carbocycles. The van der Waals surface area contributed by atoms with E-state index in [1.165, 1.54) is 48.5 Å². The first-order valence-electron chi connectivity index (χ1n) is 20.9. The summed E-state index contributed by atoms with van der Waals surface area (Å²) in [6, 6.07) is 0. The van der Waals surface area contributed by atoms with E-state index in [0.717, 1.165) is 22.8 Å². The van der Waals surface area contributed by atoms with E-state index in [0.29, 0.717) is 18.4 Å². The van der Waals surface area contributed by atoms with Gasteiger partial charge in [-0.15, -0.1) is 20.4 Å². The van der Waals surface area contributed by atoms with E-state index in [-0.39, 0.29) is 53.2 Å². The third-order valence-electron chi connectivity index (χ3n) is 7.57. The second-order valence-corrected chi connectivity index (χ2v) is 26.3. The van der Waals surface area contributed by atoms with Crippen LogP contribution in [-0.4, -0.2) is 120 Å². The van der Waals surface area contributed by atoms with Gasteiger partial charge < -0.3 is 19.9 Å². The number of amidine groups is 1. The Balaban J connectivity index is -0.000000339. The molecule has 0 unspecified atom stereocenters. The standard InChI is InChI=1S/C8H14N4O.C7H12N4O2.C6H15BO.C6H12O.C5H9N3.C4H11O3P.C4H10O3S/c1-6(13)5-12-7(8(2,3)4)9-10-11-12;1-7(2,3)6-8-10-11(9-6)4-5(12)13;1-6(2,3)5-7(4)8;1-5(7)6(2,3)4;1-4(2)5-6-3-7-8-5;2*1-4(2,3)8(5,6)7/h5H2,1-4H3;4H2,1-3H3,(H,12,13);8H,5H2,1-4H3;1-4H3;4H,3H2,1-2H3;1-3H3,(H2,5,6,7);1-3H3,(H,5,6,7). The maximum Gasteiger partial charge on any atom is 0.330 e. The Labute approximate surface area is 388 Å². The predicted molar refractivity (Wildman–Crippen MR) is 255 cm³/mol. The maximum absolute atomic E-state index is 10.9. The van der Waals surface area contributed by atoms with Gasteiger partial charge in [0.1, 0.15) is 18.2 Å². The molecule has 0 bridgehead atoms. The topological polar surface area (TPSA) is 328 Å². The summed E-state index contributed by atoms with van der Waals surface area (Å²) in [4.78, 5) is 53.7. The van der Waals surface area contributed by atoms with Gasteiger partial charge in [-0.25, -0.2) is 9.67 Å². The molecule has 0 saturated heterocycles. The third kappa shape index (κ3) is 36.2. The van der Waals surface area contributed by atoms with Crippen LogP contribution in [0.5, 0.6) is 0 Å². The van der Waals surface area contributed by atoms with Crippen molar-refractivity contribution in [2.45, 2.75) is 199 Å². The molecule has 5 N–H and O–H groups in total. The number of carboxylic acid groups (broad SMARTS) is 1. The number of hydrogen-bond donors (Lipinski definition) is 5. The molecule has 378 valence electrons. The molecule has 0 spiro atoms. The molecule has 2 aromatic rings. The van der Waals surface area contributed by atoms with E-state index in [4.69, 9.17) is 24.5 Å². The molecule has 0 atom stereocenters. The number of tetrazole rings is 2. The zero-order chi connectivity index (χ0) is 53.0. The summed E-state index contributed by atoms with van der Waals surface area (Å²) >= 11 is 0. The number of carbonyl (C=O) groups is 3. The van der Waals surface area contributed by atoms with Gasteiger partial charge in [0, 0.05) is 22.2 Å². The summed E-state index contributed by atoms with van der Waals surface area (Å²) in [6.07, 6.45) is 0.882. The predicted octanol–water partition coefficient (Wildman–Crippen LogP) is 6.98. The van der Waals surface area contributed by atoms with Gasteiger partial charge in [-0.1, -0.05) is 104 Å². The minimum Gasteiger partial charge on any atom is -0.480 e. The summed E-state index contributed by atoms with van der Waals surface area (Å²) in [5.74, 6) is 1.92. The first-order chi connectivity index (χ1) is 28.5. The van der Waals surface area contributed by atoms with Crippen molar-refractivity contribution in [3.05, 3.63) is 11.6 Å². The van der Waals surface area contributed by atoms with Crippen molar-refractivity contribution in [3.63, 3.8) is 0 Å². The lowest BCUT2D eigenvalue weighted by Gasteiger charge is -2.18. The zero-order valence-electron chi connectivity index (χ0n) is 43.4. The number of aromatic nitrogens is 8. The maximum atomic E-state index is 10.9. The van der Waals surface area contributed by atoms with Crippen molar-refractivity contribution in [3.8, 4) is 0 Å². The van der Waals surface area contributed by atoms with Crippen LogP contribution in [0.25, 0.3) is 0 Å². The highest BCUT2D eigenvalue weighted by molar-refractivity contribution is 7.87. The Morgan fingerprint density at radius 3 is 1.43 bits per heavy atom. The summed E-state index contributed by atoms with van der Waals surface area (Å²) in [5, 5.41) is 46.5. The van der Waals surface area contributed by atoms with Gasteiger partial charge in [-0.2, -0.15) is 18.3 Å². The van der Waals surface area contributed by atoms with Crippen LogP contribution in [0.15, 0.2) is 15.2 Å². The van der Waals surface area contributed by atoms with Crippen molar-refractivity contribution in [2.75, 3.05) is 6.67 Å². The average Bonchev–Trinajstić information content (AvgIpc) is 3.81. The Hall–Kier alpha value is -3.70. The van der Waals surface area contributed by atoms with E-state index in [1.54, 1.807) is 11.6 Å². The van der Waals surface area contributed by atoms with Gasteiger partial charge in [0.25, 0.3) is 17.0 Å². The SMILES string of the molecule is CB(O)CC(C)(C)C.CC(=O)C(C)(C)C.CC(=O)Cn1nnnc1C(C)(C)C.CC(C)(C)P(=O)(O)O.CC(C)(C)S(=O)(=O)O.CC(C)(C)c1nnn(CC(=O)O)n1.CC(C)C1=NCN=N1. The van der Waals surface area contributed by atoms with Crippen LogP contribution in [0, 0.1) is 16.7 Å². The monoisotopic (exact) mass is 968 g/mol. The Bertz CT molecular complexity index is 1950. The molecule has 0 amide bonds. The number of hydrogen-bond acceptors (Lipinski definition) is 16. The Kier molecular flexibility index (Phi) is 29.1. The Morgan fingerprint density at radius 1 is 0.800 bits per heavy atom. The van der Waals surface area contributed by atoms with Crippen LogP contribution >= 0.6 is 7.60 Å². The number of ketones is 2. The molecule has 0 saturated carbocycles. The van der Waals surface area contributed by atoms with Crippen LogP contribution in [0.4, 0.5) is 0 Å². The van der Waals surface area contributed by atoms with E-state index in [9.17, 15) is 27.4 Å². The quantitative estimate of drug-likeness (QED) is 0.111. The normalized spacial score (nSPS) is 13.0. The first-order valence-corrected chi connectivity index (χ1v) is 23.9. The molecule has 0 fully saturated rings. The lowest BCUT2D eigenvalue weighted by atomic mass is 9.60. The highest BCUT2D eigenvalue weighted by atomic mass is 32.2. The smallest absolute Gasteiger partial charge is 0.330 e. The molecule has 0 radical (unpaired) electrons. The van der Waals surface area contributed by atoms with Gasteiger partial charge in [0.05, 0.1) is 9.90 Å². The van der Waals surface area contributed by atoms with Crippen molar-refractivity contribution in [1.82, 2.24) is 40.4 Å². The van der Waals surface area contributed by atoms with E-state index in [1.807, 2.05) is 69.1 Å². The van der Waals surface area contributed by atoms with Crippen molar-refractivity contribution >= 4 is 48.0 Å². The number of nitrogens with zero attached hydrogens (tertiary/aromatic N) is 11. The highest BCUT2D eigenvalue weighted by Crippen LogP contribution is 2.49. The third-order valence-corrected chi connectivity index (χ3v) is 10.9. The fourth-order valence-electron chi connectivity index (χ4n) is 3.21. The molecule has 3 heterocycles. The first kappa shape index (κ1) is 67.9. The zero-order valence-corrected chi connectivity index (χ0v) is 45.2. The van der Waals surface area contributed by atoms with E-state index >= 15 is 0 Å². The van der Waals surface area contributed by atoms with Crippen LogP contribution in [-0.2, 0) is 53.0 Å². The second-order valence-electron chi connectivity index (χ2n) is 21.7. The average molecular weight is 968 g/mol. The van der Waals surface area contributed by atoms with Crippen LogP contribution in [0.2, 0.25) is 13.1 Å². The largest absolute Gasteiger partial charge is 0.480 e. The highest BCUT2D eigenvalue weighted by Gasteiger charge is 2.32. The molecule has 1 aliphatic rings. The molecule has 22 nitrogen and oxygen atoms in total. The number of aliphatic carboxylic acids is 1. The van der Waals surface area contributed by atoms with Gasteiger partial charge in [0.2, 0.25) is 0 Å². The lowest BCUT2D eigenvalue weighted by molar-refractivity contribution is -0.138. The molecule has 3 rings (SSSR count). The minimum atomic E-state index is -3.85. The number of carbonyl (C=O) groups excluding carboxylic acids is 2. The number of Topliss-reactive ketones (excluding diaryl/α,β-unsaturated/α-hetero) is 2. The fourth-order valence-corrected chi connectivity index (χ4v) is 3.21. The van der Waals surface area contributed by atoms with E-state index < -0.39 is 33.6 Å². The summed E-state index contributed by atoms with van der Waals surface area (Å²) < 4.78 is 39.6. The molecule has 25 heteroatoms. The van der Waals surface area contributed by atoms with Crippen molar-refractivity contribution < 1.29 is 51.8 Å². The number of carboxylic acids is 1. The second kappa shape index (κ2) is 27.8. The number of azo groups is 1. The van der Waals surface area contributed by atoms with E-state index in [2.05, 4.69) is 80.8 Å². The molecule has 0 aliphatic carbocycles. The van der Waals surface area contributed by atoms with Crippen molar-refractivity contribution in [1.29, 1.82) is 0 Å². The Morgan fingerprint density at radius 2 is 1.23 bits per heavy atom. The van der Waals surface area contributed by atoms with Crippen molar-refractivity contribution in [2.24, 2.45) is 32.0 Å². The van der Waals surface area contributed by atoms with Gasteiger partial charge >= 0.3 is 13.6 Å². The van der Waals surface area contributed by atoms with Gasteiger partial charge in [-0.05, 0) is 82.8 Å². The summed E-state index contributed by atoms with van der Waals surface area (Å²) in [7, 11) is -7.69. The summed E-state index contributed by atoms with van der Waals surface area (Å²) in [6.45, 7) is 42.2. The minimum absolute atomic E-state index is 0.0535. The van der Waals surface area contributed by atoms with Crippen LogP contribution in [0.3, 0.4) is 0 Å². The molecular formula is C40H83BN11O11PS. The van der Waals surface area contributed by atoms with Crippen LogP contribution in [0.1, 0.15) is 164 Å². The molecule has 2 aromatic heterocycles. The van der Waals surface area contributed by atoms with Gasteiger partial charge in [-0.3, -0.25) is 23.5 Å². The van der Waals surface area contributed by atoms with Gasteiger partial charge in [0.15, 0.2) is 30.6 Å². The molecule has 1 aliphatic heterocycles. The molecular weight excluding hydrogens is 884 g/mol. The summed E-state index contributed by atoms with van der Waals surface area (Å²) in [5.41, 5.74) is -0.191. The molecule has 65 heavy (non-hydrogen) atoms. The number of rotatable bonds is 6. The van der Waals surface area contributed by atoms with Crippen LogP contribution < -0.4 is 0 Å². The number of aliphatic imine (C=N–C) groups is 1.